The van der Waals surface area contributed by atoms with Crippen LogP contribution in [0.2, 0.25) is 0 Å². The molecule has 1 amide bonds. The molecular weight excluding hydrogens is 202 g/mol. The molecule has 1 heterocycles. The van der Waals surface area contributed by atoms with Crippen LogP contribution in [0.5, 0.6) is 0 Å². The summed E-state index contributed by atoms with van der Waals surface area (Å²) in [6, 6.07) is 9.99. The van der Waals surface area contributed by atoms with E-state index in [1.165, 1.54) is 11.6 Å². The fraction of sp³-hybridized carbons (Fsp3) is 0.231. The molecule has 0 atom stereocenters. The van der Waals surface area contributed by atoms with E-state index in [2.05, 4.69) is 0 Å². The van der Waals surface area contributed by atoms with Crippen molar-refractivity contribution in [3.8, 4) is 0 Å². The first-order valence-corrected chi connectivity index (χ1v) is 5.30. The van der Waals surface area contributed by atoms with Crippen molar-refractivity contribution in [2.24, 2.45) is 0 Å². The third kappa shape index (κ3) is 2.57. The van der Waals surface area contributed by atoms with Crippen LogP contribution in [-0.2, 0) is 16.0 Å². The van der Waals surface area contributed by atoms with Crippen LogP contribution in [-0.4, -0.2) is 23.1 Å². The van der Waals surface area contributed by atoms with E-state index in [0.29, 0.717) is 6.54 Å². The average Bonchev–Trinajstić information content (AvgIpc) is 2.29. The number of hydrogen-bond acceptors (Lipinski definition) is 2. The molecule has 0 spiro atoms. The number of carbonyl (C=O) groups excluding carboxylic acids is 2. The van der Waals surface area contributed by atoms with E-state index in [1.54, 1.807) is 11.1 Å². The van der Waals surface area contributed by atoms with Crippen molar-refractivity contribution < 1.29 is 9.59 Å². The summed E-state index contributed by atoms with van der Waals surface area (Å²) in [5, 5.41) is 0. The number of ketones is 1. The summed E-state index contributed by atoms with van der Waals surface area (Å²) in [4.78, 5) is 24.0. The lowest BCUT2D eigenvalue weighted by atomic mass is 10.1. The number of nitrogens with zero attached hydrogens (tertiary/aromatic N) is 1. The SMILES string of the molecule is O=C1C=CN(CCc2ccccc2)C(=O)C1. The highest BCUT2D eigenvalue weighted by molar-refractivity contribution is 6.06. The summed E-state index contributed by atoms with van der Waals surface area (Å²) < 4.78 is 0. The molecular formula is C13H13NO2. The molecule has 3 nitrogen and oxygen atoms in total. The van der Waals surface area contributed by atoms with E-state index in [0.717, 1.165) is 6.42 Å². The molecule has 16 heavy (non-hydrogen) atoms. The number of amides is 1. The first kappa shape index (κ1) is 10.6. The summed E-state index contributed by atoms with van der Waals surface area (Å²) in [6.07, 6.45) is 3.86. The van der Waals surface area contributed by atoms with E-state index >= 15 is 0 Å². The fourth-order valence-electron chi connectivity index (χ4n) is 1.66. The first-order valence-electron chi connectivity index (χ1n) is 5.30. The Morgan fingerprint density at radius 3 is 2.56 bits per heavy atom. The lowest BCUT2D eigenvalue weighted by Gasteiger charge is -2.20. The van der Waals surface area contributed by atoms with Crippen LogP contribution >= 0.6 is 0 Å². The smallest absolute Gasteiger partial charge is 0.234 e. The second-order valence-corrected chi connectivity index (χ2v) is 3.78. The van der Waals surface area contributed by atoms with E-state index in [-0.39, 0.29) is 18.1 Å². The predicted molar refractivity (Wildman–Crippen MR) is 60.6 cm³/mol. The Hall–Kier alpha value is -1.90. The topological polar surface area (TPSA) is 37.4 Å². The second kappa shape index (κ2) is 4.75. The zero-order valence-electron chi connectivity index (χ0n) is 8.93. The Balaban J connectivity index is 1.94. The van der Waals surface area contributed by atoms with Crippen molar-refractivity contribution >= 4 is 11.7 Å². The Labute approximate surface area is 94.4 Å². The quantitative estimate of drug-likeness (QED) is 0.717. The molecule has 0 bridgehead atoms. The Bertz CT molecular complexity index is 423. The molecule has 2 rings (SSSR count). The number of benzene rings is 1. The highest BCUT2D eigenvalue weighted by Gasteiger charge is 2.18. The van der Waals surface area contributed by atoms with Crippen LogP contribution in [0.4, 0.5) is 0 Å². The van der Waals surface area contributed by atoms with Crippen molar-refractivity contribution in [3.05, 3.63) is 48.2 Å². The van der Waals surface area contributed by atoms with Gasteiger partial charge in [0.1, 0.15) is 0 Å². The largest absolute Gasteiger partial charge is 0.318 e. The van der Waals surface area contributed by atoms with Gasteiger partial charge in [-0.05, 0) is 18.1 Å². The van der Waals surface area contributed by atoms with Gasteiger partial charge < -0.3 is 4.90 Å². The summed E-state index contributed by atoms with van der Waals surface area (Å²) >= 11 is 0. The van der Waals surface area contributed by atoms with Gasteiger partial charge >= 0.3 is 0 Å². The summed E-state index contributed by atoms with van der Waals surface area (Å²) in [5.41, 5.74) is 1.20. The van der Waals surface area contributed by atoms with Crippen LogP contribution in [0.25, 0.3) is 0 Å². The molecule has 1 aromatic rings. The minimum atomic E-state index is -0.110. The number of carbonyl (C=O) groups is 2. The first-order chi connectivity index (χ1) is 7.75. The molecule has 0 radical (unpaired) electrons. The third-order valence-corrected chi connectivity index (χ3v) is 2.57. The van der Waals surface area contributed by atoms with Crippen molar-refractivity contribution in [1.29, 1.82) is 0 Å². The second-order valence-electron chi connectivity index (χ2n) is 3.78. The molecule has 0 saturated heterocycles. The predicted octanol–water partition coefficient (Wildman–Crippen LogP) is 1.54. The third-order valence-electron chi connectivity index (χ3n) is 2.57. The molecule has 0 aromatic heterocycles. The molecule has 1 aliphatic rings. The van der Waals surface area contributed by atoms with E-state index in [1.807, 2.05) is 30.3 Å². The van der Waals surface area contributed by atoms with E-state index in [9.17, 15) is 9.59 Å². The zero-order valence-corrected chi connectivity index (χ0v) is 8.93. The Morgan fingerprint density at radius 2 is 1.88 bits per heavy atom. The van der Waals surface area contributed by atoms with Crippen LogP contribution in [0.15, 0.2) is 42.6 Å². The number of allylic oxidation sites excluding steroid dienone is 1. The average molecular weight is 215 g/mol. The molecule has 0 saturated carbocycles. The lowest BCUT2D eigenvalue weighted by Crippen LogP contribution is -2.32. The molecule has 1 aromatic carbocycles. The lowest BCUT2D eigenvalue weighted by molar-refractivity contribution is -0.133. The van der Waals surface area contributed by atoms with Crippen LogP contribution in [0, 0.1) is 0 Å². The van der Waals surface area contributed by atoms with Crippen LogP contribution in [0.1, 0.15) is 12.0 Å². The molecule has 0 N–H and O–H groups in total. The van der Waals surface area contributed by atoms with Crippen molar-refractivity contribution in [1.82, 2.24) is 4.90 Å². The van der Waals surface area contributed by atoms with Gasteiger partial charge in [-0.3, -0.25) is 9.59 Å². The summed E-state index contributed by atoms with van der Waals surface area (Å²) in [6.45, 7) is 0.632. The summed E-state index contributed by atoms with van der Waals surface area (Å²) in [5.74, 6) is -0.218. The van der Waals surface area contributed by atoms with Crippen molar-refractivity contribution in [3.63, 3.8) is 0 Å². The number of hydrogen-bond donors (Lipinski definition) is 0. The van der Waals surface area contributed by atoms with Gasteiger partial charge in [-0.2, -0.15) is 0 Å². The molecule has 0 fully saturated rings. The van der Waals surface area contributed by atoms with Gasteiger partial charge in [-0.15, -0.1) is 0 Å². The van der Waals surface area contributed by atoms with E-state index < -0.39 is 0 Å². The van der Waals surface area contributed by atoms with Gasteiger partial charge in [0.2, 0.25) is 5.91 Å². The fourth-order valence-corrected chi connectivity index (χ4v) is 1.66. The van der Waals surface area contributed by atoms with Gasteiger partial charge in [0.05, 0.1) is 6.42 Å². The van der Waals surface area contributed by atoms with Crippen LogP contribution in [0.3, 0.4) is 0 Å². The Morgan fingerprint density at radius 1 is 1.12 bits per heavy atom. The highest BCUT2D eigenvalue weighted by Crippen LogP contribution is 2.07. The molecule has 0 unspecified atom stereocenters. The van der Waals surface area contributed by atoms with Crippen molar-refractivity contribution in [2.75, 3.05) is 6.54 Å². The maximum absolute atomic E-state index is 11.5. The maximum atomic E-state index is 11.5. The minimum absolute atomic E-state index is 0.00525. The standard InChI is InChI=1S/C13H13NO2/c15-12-7-9-14(13(16)10-12)8-6-11-4-2-1-3-5-11/h1-5,7,9H,6,8,10H2. The van der Waals surface area contributed by atoms with Gasteiger partial charge in [0, 0.05) is 12.7 Å². The maximum Gasteiger partial charge on any atom is 0.234 e. The van der Waals surface area contributed by atoms with Crippen molar-refractivity contribution in [2.45, 2.75) is 12.8 Å². The summed E-state index contributed by atoms with van der Waals surface area (Å²) in [7, 11) is 0. The van der Waals surface area contributed by atoms with Gasteiger partial charge in [-0.25, -0.2) is 0 Å². The minimum Gasteiger partial charge on any atom is -0.318 e. The van der Waals surface area contributed by atoms with E-state index in [4.69, 9.17) is 0 Å². The normalized spacial score (nSPS) is 15.6. The molecule has 3 heteroatoms. The Kier molecular flexibility index (Phi) is 3.15. The van der Waals surface area contributed by atoms with Gasteiger partial charge in [-0.1, -0.05) is 30.3 Å². The zero-order chi connectivity index (χ0) is 11.4. The molecule has 0 aliphatic carbocycles. The van der Waals surface area contributed by atoms with Gasteiger partial charge in [0.25, 0.3) is 0 Å². The van der Waals surface area contributed by atoms with Crippen LogP contribution < -0.4 is 0 Å². The number of rotatable bonds is 3. The molecule has 1 aliphatic heterocycles. The van der Waals surface area contributed by atoms with Gasteiger partial charge in [0.15, 0.2) is 5.78 Å². The highest BCUT2D eigenvalue weighted by atomic mass is 16.2. The molecule has 82 valence electrons. The monoisotopic (exact) mass is 215 g/mol.